The molecule has 0 aromatic heterocycles. The molecule has 1 amide bonds. The number of halogens is 2. The molecule has 0 fully saturated rings. The van der Waals surface area contributed by atoms with E-state index >= 15 is 0 Å². The lowest BCUT2D eigenvalue weighted by molar-refractivity contribution is -0.118. The molecule has 24 heavy (non-hydrogen) atoms. The average molecular weight is 389 g/mol. The van der Waals surface area contributed by atoms with E-state index in [1.54, 1.807) is 31.2 Å². The highest BCUT2D eigenvalue weighted by molar-refractivity contribution is 7.89. The van der Waals surface area contributed by atoms with Gasteiger partial charge in [-0.25, -0.2) is 13.6 Å². The molecule has 0 radical (unpaired) electrons. The lowest BCUT2D eigenvalue weighted by Gasteiger charge is -2.10. The first-order valence-corrected chi connectivity index (χ1v) is 8.98. The van der Waals surface area contributed by atoms with Crippen LogP contribution < -0.4 is 15.2 Å². The number of hydrogen-bond acceptors (Lipinski definition) is 4. The number of carbonyl (C=O) groups excluding carboxylic acids is 1. The van der Waals surface area contributed by atoms with Gasteiger partial charge in [-0.05, 0) is 36.8 Å². The number of primary sulfonamides is 1. The summed E-state index contributed by atoms with van der Waals surface area (Å²) in [6.45, 7) is 1.29. The molecule has 3 N–H and O–H groups in total. The molecule has 2 rings (SSSR count). The predicted octanol–water partition coefficient (Wildman–Crippen LogP) is 2.97. The van der Waals surface area contributed by atoms with Crippen LogP contribution in [-0.2, 0) is 14.8 Å². The van der Waals surface area contributed by atoms with Gasteiger partial charge in [-0.3, -0.25) is 4.79 Å². The second kappa shape index (κ2) is 7.40. The van der Waals surface area contributed by atoms with E-state index in [9.17, 15) is 13.2 Å². The van der Waals surface area contributed by atoms with Crippen molar-refractivity contribution in [3.8, 4) is 5.75 Å². The topological polar surface area (TPSA) is 98.5 Å². The first-order chi connectivity index (χ1) is 11.2. The second-order valence-electron chi connectivity index (χ2n) is 4.94. The minimum atomic E-state index is -3.87. The maximum atomic E-state index is 11.9. The molecule has 0 aliphatic heterocycles. The number of nitrogens with one attached hydrogen (secondary N) is 1. The molecule has 0 aliphatic carbocycles. The zero-order valence-corrected chi connectivity index (χ0v) is 14.9. The number of carbonyl (C=O) groups is 1. The number of nitrogens with two attached hydrogens (primary N) is 1. The Labute approximate surface area is 149 Å². The van der Waals surface area contributed by atoms with Crippen LogP contribution in [0.5, 0.6) is 5.75 Å². The van der Waals surface area contributed by atoms with Crippen molar-refractivity contribution in [1.29, 1.82) is 0 Å². The van der Waals surface area contributed by atoms with E-state index in [2.05, 4.69) is 5.32 Å². The van der Waals surface area contributed by atoms with Gasteiger partial charge in [0.25, 0.3) is 5.91 Å². The fourth-order valence-electron chi connectivity index (χ4n) is 1.91. The normalized spacial score (nSPS) is 11.2. The maximum absolute atomic E-state index is 11.9. The molecule has 6 nitrogen and oxygen atoms in total. The zero-order chi connectivity index (χ0) is 17.9. The van der Waals surface area contributed by atoms with E-state index in [1.165, 1.54) is 12.1 Å². The van der Waals surface area contributed by atoms with Crippen molar-refractivity contribution in [3.05, 3.63) is 52.0 Å². The van der Waals surface area contributed by atoms with Crippen LogP contribution in [0.15, 0.2) is 41.3 Å². The summed E-state index contributed by atoms with van der Waals surface area (Å²) in [5.41, 5.74) is 0.771. The van der Waals surface area contributed by atoms with E-state index in [0.29, 0.717) is 15.6 Å². The average Bonchev–Trinajstić information content (AvgIpc) is 2.49. The molecule has 0 unspecified atom stereocenters. The molecule has 0 heterocycles. The summed E-state index contributed by atoms with van der Waals surface area (Å²) in [4.78, 5) is 11.9. The van der Waals surface area contributed by atoms with Crippen LogP contribution in [0, 0.1) is 6.92 Å². The molecule has 0 bridgehead atoms. The van der Waals surface area contributed by atoms with Gasteiger partial charge in [0, 0.05) is 16.8 Å². The molecule has 0 saturated carbocycles. The smallest absolute Gasteiger partial charge is 0.262 e. The lowest BCUT2D eigenvalue weighted by Crippen LogP contribution is -2.21. The minimum absolute atomic E-state index is 0.0564. The molecule has 0 atom stereocenters. The SMILES string of the molecule is Cc1ccc(NC(=O)COc2cc(Cl)ccc2Cl)cc1S(N)(=O)=O. The summed E-state index contributed by atoms with van der Waals surface area (Å²) >= 11 is 11.8. The second-order valence-corrected chi connectivity index (χ2v) is 7.31. The summed E-state index contributed by atoms with van der Waals surface area (Å²) in [6.07, 6.45) is 0. The van der Waals surface area contributed by atoms with Crippen LogP contribution in [-0.4, -0.2) is 20.9 Å². The molecule has 2 aromatic rings. The van der Waals surface area contributed by atoms with Crippen LogP contribution in [0.2, 0.25) is 10.0 Å². The highest BCUT2D eigenvalue weighted by atomic mass is 35.5. The van der Waals surface area contributed by atoms with E-state index < -0.39 is 15.9 Å². The highest BCUT2D eigenvalue weighted by Crippen LogP contribution is 2.27. The van der Waals surface area contributed by atoms with Crippen molar-refractivity contribution < 1.29 is 17.9 Å². The predicted molar refractivity (Wildman–Crippen MR) is 93.1 cm³/mol. The first kappa shape index (κ1) is 18.5. The lowest BCUT2D eigenvalue weighted by atomic mass is 10.2. The van der Waals surface area contributed by atoms with Crippen LogP contribution >= 0.6 is 23.2 Å². The van der Waals surface area contributed by atoms with Gasteiger partial charge in [0.05, 0.1) is 9.92 Å². The number of rotatable bonds is 5. The van der Waals surface area contributed by atoms with E-state index in [1.807, 2.05) is 0 Å². The van der Waals surface area contributed by atoms with Crippen molar-refractivity contribution in [2.45, 2.75) is 11.8 Å². The summed E-state index contributed by atoms with van der Waals surface area (Å²) < 4.78 is 28.3. The standard InChI is InChI=1S/C15H14Cl2N2O4S/c1-9-2-4-11(7-14(9)24(18,21)22)19-15(20)8-23-13-6-10(16)3-5-12(13)17/h2-7H,8H2,1H3,(H,19,20)(H2,18,21,22). The van der Waals surface area contributed by atoms with Gasteiger partial charge in [-0.15, -0.1) is 0 Å². The quantitative estimate of drug-likeness (QED) is 0.822. The molecule has 0 spiro atoms. The number of hydrogen-bond donors (Lipinski definition) is 2. The third kappa shape index (κ3) is 4.85. The Kier molecular flexibility index (Phi) is 5.71. The number of amides is 1. The van der Waals surface area contributed by atoms with Gasteiger partial charge in [0.1, 0.15) is 5.75 Å². The summed E-state index contributed by atoms with van der Waals surface area (Å²) in [7, 11) is -3.87. The fourth-order valence-corrected chi connectivity index (χ4v) is 3.05. The summed E-state index contributed by atoms with van der Waals surface area (Å²) in [5.74, 6) is -0.219. The Morgan fingerprint density at radius 1 is 1.21 bits per heavy atom. The molecule has 0 aliphatic rings. The third-order valence-electron chi connectivity index (χ3n) is 3.03. The Morgan fingerprint density at radius 2 is 1.92 bits per heavy atom. The number of ether oxygens (including phenoxy) is 1. The largest absolute Gasteiger partial charge is 0.482 e. The van der Waals surface area contributed by atoms with Gasteiger partial charge in [0.2, 0.25) is 10.0 Å². The van der Waals surface area contributed by atoms with Gasteiger partial charge < -0.3 is 10.1 Å². The van der Waals surface area contributed by atoms with E-state index in [4.69, 9.17) is 33.1 Å². The van der Waals surface area contributed by atoms with Crippen LogP contribution in [0.1, 0.15) is 5.56 Å². The van der Waals surface area contributed by atoms with Crippen molar-refractivity contribution >= 4 is 44.8 Å². The molecule has 0 saturated heterocycles. The molecule has 9 heteroatoms. The van der Waals surface area contributed by atoms with Gasteiger partial charge >= 0.3 is 0 Å². The van der Waals surface area contributed by atoms with Crippen LogP contribution in [0.3, 0.4) is 0 Å². The summed E-state index contributed by atoms with van der Waals surface area (Å²) in [6, 6.07) is 9.03. The monoisotopic (exact) mass is 388 g/mol. The van der Waals surface area contributed by atoms with Gasteiger partial charge in [-0.1, -0.05) is 29.3 Å². The minimum Gasteiger partial charge on any atom is -0.482 e. The summed E-state index contributed by atoms with van der Waals surface area (Å²) in [5, 5.41) is 8.40. The Morgan fingerprint density at radius 3 is 2.58 bits per heavy atom. The molecule has 2 aromatic carbocycles. The third-order valence-corrected chi connectivity index (χ3v) is 4.63. The Bertz CT molecular complexity index is 885. The van der Waals surface area contributed by atoms with E-state index in [0.717, 1.165) is 0 Å². The van der Waals surface area contributed by atoms with Crippen molar-refractivity contribution in [2.24, 2.45) is 5.14 Å². The highest BCUT2D eigenvalue weighted by Gasteiger charge is 2.13. The molecular formula is C15H14Cl2N2O4S. The number of anilines is 1. The van der Waals surface area contributed by atoms with Crippen LogP contribution in [0.25, 0.3) is 0 Å². The number of benzene rings is 2. The number of aryl methyl sites for hydroxylation is 1. The van der Waals surface area contributed by atoms with E-state index in [-0.39, 0.29) is 22.9 Å². The Balaban J connectivity index is 2.06. The van der Waals surface area contributed by atoms with Crippen molar-refractivity contribution in [3.63, 3.8) is 0 Å². The molecule has 128 valence electrons. The van der Waals surface area contributed by atoms with Crippen molar-refractivity contribution in [2.75, 3.05) is 11.9 Å². The number of sulfonamides is 1. The zero-order valence-electron chi connectivity index (χ0n) is 12.5. The molecular weight excluding hydrogens is 375 g/mol. The van der Waals surface area contributed by atoms with Crippen molar-refractivity contribution in [1.82, 2.24) is 0 Å². The maximum Gasteiger partial charge on any atom is 0.262 e. The van der Waals surface area contributed by atoms with Gasteiger partial charge in [-0.2, -0.15) is 0 Å². The fraction of sp³-hybridized carbons (Fsp3) is 0.133. The first-order valence-electron chi connectivity index (χ1n) is 6.68. The van der Waals surface area contributed by atoms with Gasteiger partial charge in [0.15, 0.2) is 6.61 Å². The Hall–Kier alpha value is -1.80. The van der Waals surface area contributed by atoms with Crippen LogP contribution in [0.4, 0.5) is 5.69 Å².